The van der Waals surface area contributed by atoms with E-state index >= 15 is 0 Å². The maximum Gasteiger partial charge on any atom is 0.191 e. The van der Waals surface area contributed by atoms with Crippen LogP contribution in [0, 0.1) is 6.92 Å². The van der Waals surface area contributed by atoms with Gasteiger partial charge >= 0.3 is 0 Å². The van der Waals surface area contributed by atoms with Gasteiger partial charge in [0.2, 0.25) is 0 Å². The highest BCUT2D eigenvalue weighted by Crippen LogP contribution is 2.32. The Kier molecular flexibility index (Phi) is 8.06. The highest BCUT2D eigenvalue weighted by atomic mass is 35.5. The van der Waals surface area contributed by atoms with Crippen LogP contribution in [0.4, 0.5) is 11.6 Å². The summed E-state index contributed by atoms with van der Waals surface area (Å²) in [5.74, 6) is 2.11. The average molecular weight is 447 g/mol. The highest BCUT2D eigenvalue weighted by molar-refractivity contribution is 8.00. The van der Waals surface area contributed by atoms with Crippen LogP contribution in [0.15, 0.2) is 64.6 Å². The normalized spacial score (nSPS) is 11.9. The molecule has 1 atom stereocenters. The van der Waals surface area contributed by atoms with Crippen LogP contribution in [-0.4, -0.2) is 27.7 Å². The van der Waals surface area contributed by atoms with Crippen molar-refractivity contribution in [2.75, 3.05) is 16.6 Å². The first-order chi connectivity index (χ1) is 14.0. The van der Waals surface area contributed by atoms with Gasteiger partial charge < -0.3 is 15.1 Å². The van der Waals surface area contributed by atoms with Gasteiger partial charge in [0, 0.05) is 17.9 Å². The van der Waals surface area contributed by atoms with Gasteiger partial charge in [-0.2, -0.15) is 0 Å². The number of halogens is 1. The number of benzene rings is 2. The van der Waals surface area contributed by atoms with Crippen LogP contribution in [0.25, 0.3) is 0 Å². The van der Waals surface area contributed by atoms with Gasteiger partial charge in [-0.3, -0.25) is 0 Å². The fourth-order valence-corrected chi connectivity index (χ4v) is 4.34. The molecule has 0 fully saturated rings. The van der Waals surface area contributed by atoms with Gasteiger partial charge in [-0.25, -0.2) is 9.97 Å². The van der Waals surface area contributed by atoms with E-state index in [1.54, 1.807) is 11.8 Å². The molecule has 3 N–H and O–H groups in total. The van der Waals surface area contributed by atoms with Crippen molar-refractivity contribution in [3.05, 3.63) is 70.7 Å². The Bertz CT molecular complexity index is 923. The molecule has 0 unspecified atom stereocenters. The van der Waals surface area contributed by atoms with Crippen LogP contribution in [0.1, 0.15) is 18.1 Å². The van der Waals surface area contributed by atoms with Crippen molar-refractivity contribution >= 4 is 46.9 Å². The number of rotatable bonds is 9. The molecule has 0 aliphatic heterocycles. The molecule has 0 bridgehead atoms. The summed E-state index contributed by atoms with van der Waals surface area (Å²) in [5, 5.41) is 13.9. The topological polar surface area (TPSA) is 70.1 Å². The van der Waals surface area contributed by atoms with E-state index in [1.165, 1.54) is 17.5 Å². The first-order valence-electron chi connectivity index (χ1n) is 9.16. The first kappa shape index (κ1) is 21.8. The van der Waals surface area contributed by atoms with E-state index in [0.29, 0.717) is 21.8 Å². The molecule has 5 nitrogen and oxygen atoms in total. The smallest absolute Gasteiger partial charge is 0.191 e. The molecular formula is C21H23ClN4OS2. The second-order valence-electron chi connectivity index (χ2n) is 6.51. The molecule has 3 rings (SSSR count). The zero-order valence-corrected chi connectivity index (χ0v) is 18.6. The number of anilines is 2. The third-order valence-electron chi connectivity index (χ3n) is 4.01. The average Bonchev–Trinajstić information content (AvgIpc) is 2.72. The zero-order chi connectivity index (χ0) is 20.6. The van der Waals surface area contributed by atoms with Crippen molar-refractivity contribution in [3.63, 3.8) is 0 Å². The van der Waals surface area contributed by atoms with E-state index in [-0.39, 0.29) is 12.6 Å². The fourth-order valence-electron chi connectivity index (χ4n) is 2.49. The number of aromatic nitrogens is 2. The van der Waals surface area contributed by atoms with Crippen LogP contribution in [-0.2, 0) is 5.75 Å². The maximum atomic E-state index is 9.35. The highest BCUT2D eigenvalue weighted by Gasteiger charge is 2.10. The van der Waals surface area contributed by atoms with E-state index < -0.39 is 0 Å². The Morgan fingerprint density at radius 2 is 1.83 bits per heavy atom. The van der Waals surface area contributed by atoms with E-state index in [2.05, 4.69) is 32.1 Å². The minimum absolute atomic E-state index is 0.0207. The zero-order valence-electron chi connectivity index (χ0n) is 16.2. The summed E-state index contributed by atoms with van der Waals surface area (Å²) in [6, 6.07) is 17.8. The van der Waals surface area contributed by atoms with Gasteiger partial charge in [-0.1, -0.05) is 65.8 Å². The summed E-state index contributed by atoms with van der Waals surface area (Å²) in [6.45, 7) is 3.94. The van der Waals surface area contributed by atoms with Crippen molar-refractivity contribution in [1.29, 1.82) is 0 Å². The van der Waals surface area contributed by atoms with Gasteiger partial charge in [-0.15, -0.1) is 0 Å². The lowest BCUT2D eigenvalue weighted by molar-refractivity contribution is 0.281. The van der Waals surface area contributed by atoms with Gasteiger partial charge in [0.25, 0.3) is 0 Å². The summed E-state index contributed by atoms with van der Waals surface area (Å²) < 4.78 is 3.28. The predicted molar refractivity (Wildman–Crippen MR) is 124 cm³/mol. The van der Waals surface area contributed by atoms with Crippen LogP contribution >= 0.6 is 35.3 Å². The molecule has 0 aliphatic rings. The number of hydrogen-bond acceptors (Lipinski definition) is 7. The number of hydrogen-bond donors (Lipinski definition) is 3. The van der Waals surface area contributed by atoms with Crippen LogP contribution in [0.3, 0.4) is 0 Å². The van der Waals surface area contributed by atoms with Gasteiger partial charge in [0.05, 0.1) is 16.5 Å². The number of aliphatic hydroxyl groups is 1. The number of thioether (sulfide) groups is 1. The molecule has 2 aromatic carbocycles. The van der Waals surface area contributed by atoms with Crippen molar-refractivity contribution in [2.45, 2.75) is 35.7 Å². The minimum Gasteiger partial charge on any atom is -0.394 e. The Morgan fingerprint density at radius 1 is 1.07 bits per heavy atom. The van der Waals surface area contributed by atoms with Gasteiger partial charge in [0.15, 0.2) is 5.16 Å². The monoisotopic (exact) mass is 446 g/mol. The quantitative estimate of drug-likeness (QED) is 0.223. The summed E-state index contributed by atoms with van der Waals surface area (Å²) in [5.41, 5.74) is 2.30. The van der Waals surface area contributed by atoms with Gasteiger partial charge in [0.1, 0.15) is 11.6 Å². The van der Waals surface area contributed by atoms with Crippen LogP contribution in [0.5, 0.6) is 0 Å². The molecule has 152 valence electrons. The molecule has 0 radical (unpaired) electrons. The van der Waals surface area contributed by atoms with Crippen molar-refractivity contribution in [2.24, 2.45) is 0 Å². The van der Waals surface area contributed by atoms with Crippen molar-refractivity contribution < 1.29 is 5.11 Å². The molecule has 0 spiro atoms. The molecule has 3 aromatic rings. The Balaban J connectivity index is 1.78. The molecule has 0 aliphatic carbocycles. The second kappa shape index (κ2) is 10.7. The van der Waals surface area contributed by atoms with Crippen molar-refractivity contribution in [1.82, 2.24) is 9.97 Å². The summed E-state index contributed by atoms with van der Waals surface area (Å²) in [4.78, 5) is 10.2. The predicted octanol–water partition coefficient (Wildman–Crippen LogP) is 5.64. The lowest BCUT2D eigenvalue weighted by atomic mass is 10.2. The minimum atomic E-state index is -0.108. The molecule has 0 amide bonds. The Morgan fingerprint density at radius 3 is 2.55 bits per heavy atom. The van der Waals surface area contributed by atoms with Crippen LogP contribution < -0.4 is 10.0 Å². The lowest BCUT2D eigenvalue weighted by Gasteiger charge is -2.14. The number of nitrogens with zero attached hydrogens (tertiary/aromatic N) is 2. The van der Waals surface area contributed by atoms with Crippen molar-refractivity contribution in [3.8, 4) is 0 Å². The Hall–Kier alpha value is -1.93. The summed E-state index contributed by atoms with van der Waals surface area (Å²) in [7, 11) is 0. The summed E-state index contributed by atoms with van der Waals surface area (Å²) >= 11 is 9.31. The molecule has 1 heterocycles. The second-order valence-corrected chi connectivity index (χ2v) is 8.68. The largest absolute Gasteiger partial charge is 0.394 e. The van der Waals surface area contributed by atoms with Gasteiger partial charge in [-0.05, 0) is 43.0 Å². The number of aliphatic hydroxyl groups excluding tert-OH is 1. The Labute approximate surface area is 184 Å². The number of aryl methyl sites for hydroxylation is 1. The molecule has 29 heavy (non-hydrogen) atoms. The SMILES string of the molecule is Cc1cccc(Cl)c1SNc1cc(N[C@H](C)CO)nc(SCc2ccccc2)n1. The lowest BCUT2D eigenvalue weighted by Crippen LogP contribution is -2.20. The first-order valence-corrected chi connectivity index (χ1v) is 11.3. The maximum absolute atomic E-state index is 9.35. The number of nitrogens with one attached hydrogen (secondary N) is 2. The van der Waals surface area contributed by atoms with E-state index in [4.69, 9.17) is 11.6 Å². The molecule has 0 saturated carbocycles. The molecule has 8 heteroatoms. The third kappa shape index (κ3) is 6.54. The van der Waals surface area contributed by atoms with E-state index in [9.17, 15) is 5.11 Å². The van der Waals surface area contributed by atoms with E-state index in [1.807, 2.05) is 56.3 Å². The molecular weight excluding hydrogens is 424 g/mol. The standard InChI is InChI=1S/C21H23ClN4OS2/c1-14-7-6-10-17(22)20(14)29-26-19-11-18(23-15(2)12-27)24-21(25-19)28-13-16-8-4-3-5-9-16/h3-11,15,27H,12-13H2,1-2H3,(H2,23,24,25,26)/t15-/m1/s1. The van der Waals surface area contributed by atoms with E-state index in [0.717, 1.165) is 16.2 Å². The fraction of sp³-hybridized carbons (Fsp3) is 0.238. The summed E-state index contributed by atoms with van der Waals surface area (Å²) in [6.07, 6.45) is 0. The van der Waals surface area contributed by atoms with Crippen LogP contribution in [0.2, 0.25) is 5.02 Å². The molecule has 1 aromatic heterocycles. The third-order valence-corrected chi connectivity index (χ3v) is 6.41. The molecule has 0 saturated heterocycles.